The maximum absolute atomic E-state index is 11.8. The highest BCUT2D eigenvalue weighted by Gasteiger charge is 2.20. The Morgan fingerprint density at radius 1 is 1.20 bits per heavy atom. The quantitative estimate of drug-likeness (QED) is 0.568. The number of nitrogens with one attached hydrogen (secondary N) is 1. The number of carbonyl (C=O) groups is 1. The fourth-order valence-corrected chi connectivity index (χ4v) is 2.81. The summed E-state index contributed by atoms with van der Waals surface area (Å²) in [4.78, 5) is 16.6. The number of rotatable bonds is 8. The molecule has 0 aliphatic carbocycles. The Bertz CT molecular complexity index is 737. The average Bonchev–Trinajstić information content (AvgIpc) is 2.87. The number of unbranched alkanes of at least 4 members (excludes halogenated alkanes) is 2. The van der Waals surface area contributed by atoms with Gasteiger partial charge in [-0.25, -0.2) is 4.98 Å². The zero-order valence-corrected chi connectivity index (χ0v) is 16.1. The molecule has 0 atom stereocenters. The molecule has 0 unspecified atom stereocenters. The van der Waals surface area contributed by atoms with Crippen LogP contribution in [-0.4, -0.2) is 22.0 Å². The van der Waals surface area contributed by atoms with Crippen LogP contribution in [0.2, 0.25) is 0 Å². The molecule has 1 N–H and O–H groups in total. The fraction of sp³-hybridized carbons (Fsp3) is 0.524. The average molecular weight is 341 g/mol. The van der Waals surface area contributed by atoms with Crippen molar-refractivity contribution in [1.29, 1.82) is 0 Å². The molecule has 0 radical (unpaired) electrons. The van der Waals surface area contributed by atoms with Crippen molar-refractivity contribution in [2.45, 2.75) is 59.9 Å². The molecule has 25 heavy (non-hydrogen) atoms. The molecular weight excluding hydrogens is 310 g/mol. The van der Waals surface area contributed by atoms with E-state index in [0.29, 0.717) is 0 Å². The fourth-order valence-electron chi connectivity index (χ4n) is 2.81. The largest absolute Gasteiger partial charge is 0.356 e. The molecule has 0 aliphatic heterocycles. The molecule has 0 saturated carbocycles. The predicted octanol–water partition coefficient (Wildman–Crippen LogP) is 4.49. The number of benzene rings is 1. The van der Waals surface area contributed by atoms with E-state index in [1.165, 1.54) is 5.52 Å². The number of aryl methyl sites for hydroxylation is 1. The summed E-state index contributed by atoms with van der Waals surface area (Å²) in [6.45, 7) is 13.5. The van der Waals surface area contributed by atoms with Crippen molar-refractivity contribution in [2.75, 3.05) is 6.54 Å². The topological polar surface area (TPSA) is 46.9 Å². The molecule has 4 heteroatoms. The Labute approximate surface area is 151 Å². The first kappa shape index (κ1) is 19.2. The standard InChI is InChI=1S/C21H31N3O/c1-16(2)15-24-18-12-9-8-11-17(18)23-19(24)13-7-6-10-14-22-20(25)21(3,4)5/h8-9,11-12H,1,6-7,10,13-15H2,2-5H3,(H,22,25). The van der Waals surface area contributed by atoms with E-state index in [-0.39, 0.29) is 11.3 Å². The third-order valence-corrected chi connectivity index (χ3v) is 4.21. The van der Waals surface area contributed by atoms with Crippen molar-refractivity contribution in [3.05, 3.63) is 42.2 Å². The van der Waals surface area contributed by atoms with Crippen LogP contribution in [0, 0.1) is 5.41 Å². The van der Waals surface area contributed by atoms with Gasteiger partial charge >= 0.3 is 0 Å². The molecule has 136 valence electrons. The van der Waals surface area contributed by atoms with Gasteiger partial charge in [0, 0.05) is 24.9 Å². The SMILES string of the molecule is C=C(C)Cn1c(CCCCCNC(=O)C(C)(C)C)nc2ccccc21. The van der Waals surface area contributed by atoms with Gasteiger partial charge in [-0.2, -0.15) is 0 Å². The minimum Gasteiger partial charge on any atom is -0.356 e. The van der Waals surface area contributed by atoms with Crippen LogP contribution in [0.15, 0.2) is 36.4 Å². The van der Waals surface area contributed by atoms with Crippen LogP contribution in [0.4, 0.5) is 0 Å². The maximum atomic E-state index is 11.8. The number of para-hydroxylation sites is 2. The lowest BCUT2D eigenvalue weighted by Gasteiger charge is -2.17. The van der Waals surface area contributed by atoms with Gasteiger partial charge in [-0.1, -0.05) is 51.5 Å². The zero-order valence-electron chi connectivity index (χ0n) is 16.1. The van der Waals surface area contributed by atoms with E-state index in [4.69, 9.17) is 4.98 Å². The molecule has 0 aliphatic rings. The summed E-state index contributed by atoms with van der Waals surface area (Å²) in [5.74, 6) is 1.25. The van der Waals surface area contributed by atoms with Gasteiger partial charge in [0.2, 0.25) is 5.91 Å². The predicted molar refractivity (Wildman–Crippen MR) is 105 cm³/mol. The molecule has 0 spiro atoms. The summed E-state index contributed by atoms with van der Waals surface area (Å²) >= 11 is 0. The smallest absolute Gasteiger partial charge is 0.225 e. The molecule has 2 rings (SSSR count). The van der Waals surface area contributed by atoms with Gasteiger partial charge in [-0.05, 0) is 31.9 Å². The Kier molecular flexibility index (Phi) is 6.40. The second-order valence-corrected chi connectivity index (χ2v) is 7.88. The van der Waals surface area contributed by atoms with E-state index in [0.717, 1.165) is 55.7 Å². The lowest BCUT2D eigenvalue weighted by atomic mass is 9.96. The Morgan fingerprint density at radius 2 is 1.92 bits per heavy atom. The van der Waals surface area contributed by atoms with Gasteiger partial charge < -0.3 is 9.88 Å². The van der Waals surface area contributed by atoms with E-state index in [9.17, 15) is 4.79 Å². The van der Waals surface area contributed by atoms with Crippen molar-refractivity contribution in [2.24, 2.45) is 5.41 Å². The minimum absolute atomic E-state index is 0.121. The molecular formula is C21H31N3O. The maximum Gasteiger partial charge on any atom is 0.225 e. The van der Waals surface area contributed by atoms with E-state index in [2.05, 4.69) is 41.6 Å². The first-order chi connectivity index (χ1) is 11.8. The number of hydrogen-bond donors (Lipinski definition) is 1. The molecule has 1 heterocycles. The lowest BCUT2D eigenvalue weighted by molar-refractivity contribution is -0.128. The number of allylic oxidation sites excluding steroid dienone is 1. The highest BCUT2D eigenvalue weighted by molar-refractivity contribution is 5.81. The lowest BCUT2D eigenvalue weighted by Crippen LogP contribution is -2.35. The first-order valence-corrected chi connectivity index (χ1v) is 9.16. The normalized spacial score (nSPS) is 11.7. The Morgan fingerprint density at radius 3 is 2.60 bits per heavy atom. The number of nitrogens with zero attached hydrogens (tertiary/aromatic N) is 2. The third-order valence-electron chi connectivity index (χ3n) is 4.21. The number of aromatic nitrogens is 2. The van der Waals surface area contributed by atoms with Crippen molar-refractivity contribution in [1.82, 2.24) is 14.9 Å². The first-order valence-electron chi connectivity index (χ1n) is 9.16. The van der Waals surface area contributed by atoms with Gasteiger partial charge in [0.1, 0.15) is 5.82 Å². The van der Waals surface area contributed by atoms with Crippen LogP contribution in [0.1, 0.15) is 52.8 Å². The highest BCUT2D eigenvalue weighted by Crippen LogP contribution is 2.19. The monoisotopic (exact) mass is 341 g/mol. The van der Waals surface area contributed by atoms with Crippen LogP contribution in [-0.2, 0) is 17.8 Å². The Hall–Kier alpha value is -2.10. The number of carbonyl (C=O) groups excluding carboxylic acids is 1. The van der Waals surface area contributed by atoms with Crippen LogP contribution in [0.3, 0.4) is 0 Å². The number of amides is 1. The molecule has 1 aromatic carbocycles. The summed E-state index contributed by atoms with van der Waals surface area (Å²) in [5.41, 5.74) is 3.05. The third kappa shape index (κ3) is 5.45. The number of imidazole rings is 1. The molecule has 2 aromatic rings. The highest BCUT2D eigenvalue weighted by atomic mass is 16.2. The van der Waals surface area contributed by atoms with Gasteiger partial charge in [-0.15, -0.1) is 0 Å². The minimum atomic E-state index is -0.312. The molecule has 0 saturated heterocycles. The summed E-state index contributed by atoms with van der Waals surface area (Å²) in [6, 6.07) is 8.27. The second-order valence-electron chi connectivity index (χ2n) is 7.88. The number of hydrogen-bond acceptors (Lipinski definition) is 2. The van der Waals surface area contributed by atoms with Crippen LogP contribution in [0.5, 0.6) is 0 Å². The van der Waals surface area contributed by atoms with Crippen molar-refractivity contribution in [3.8, 4) is 0 Å². The summed E-state index contributed by atoms with van der Waals surface area (Å²) in [5, 5.41) is 3.01. The summed E-state index contributed by atoms with van der Waals surface area (Å²) < 4.78 is 2.28. The Balaban J connectivity index is 1.86. The van der Waals surface area contributed by atoms with Crippen LogP contribution < -0.4 is 5.32 Å². The van der Waals surface area contributed by atoms with Crippen LogP contribution >= 0.6 is 0 Å². The number of fused-ring (bicyclic) bond motifs is 1. The molecule has 1 aromatic heterocycles. The summed E-state index contributed by atoms with van der Waals surface area (Å²) in [6.07, 6.45) is 4.11. The van der Waals surface area contributed by atoms with E-state index < -0.39 is 0 Å². The van der Waals surface area contributed by atoms with Crippen molar-refractivity contribution < 1.29 is 4.79 Å². The van der Waals surface area contributed by atoms with E-state index in [1.807, 2.05) is 26.8 Å². The second kappa shape index (κ2) is 8.32. The molecule has 0 bridgehead atoms. The van der Waals surface area contributed by atoms with Gasteiger partial charge in [-0.3, -0.25) is 4.79 Å². The molecule has 4 nitrogen and oxygen atoms in total. The van der Waals surface area contributed by atoms with Gasteiger partial charge in [0.25, 0.3) is 0 Å². The van der Waals surface area contributed by atoms with E-state index >= 15 is 0 Å². The summed E-state index contributed by atoms with van der Waals surface area (Å²) in [7, 11) is 0. The van der Waals surface area contributed by atoms with Crippen molar-refractivity contribution >= 4 is 16.9 Å². The molecule has 1 amide bonds. The molecule has 0 fully saturated rings. The van der Waals surface area contributed by atoms with Crippen LogP contribution in [0.25, 0.3) is 11.0 Å². The zero-order chi connectivity index (χ0) is 18.4. The van der Waals surface area contributed by atoms with Crippen molar-refractivity contribution in [3.63, 3.8) is 0 Å². The van der Waals surface area contributed by atoms with Gasteiger partial charge in [0.05, 0.1) is 11.0 Å². The van der Waals surface area contributed by atoms with E-state index in [1.54, 1.807) is 0 Å². The van der Waals surface area contributed by atoms with Gasteiger partial charge in [0.15, 0.2) is 0 Å².